The molecule has 9 amide bonds. The smallest absolute Gasteiger partial charge is 0.315 e. The van der Waals surface area contributed by atoms with Gasteiger partial charge in [0.2, 0.25) is 41.4 Å². The van der Waals surface area contributed by atoms with Crippen molar-refractivity contribution in [2.24, 2.45) is 39.9 Å². The number of likely N-dealkylation sites (tertiary alicyclic amines) is 1. The third-order valence-electron chi connectivity index (χ3n) is 15.0. The van der Waals surface area contributed by atoms with Gasteiger partial charge in [0.15, 0.2) is 23.3 Å². The predicted octanol–water partition coefficient (Wildman–Crippen LogP) is -0.688. The van der Waals surface area contributed by atoms with Crippen LogP contribution in [0.3, 0.4) is 0 Å². The van der Waals surface area contributed by atoms with Gasteiger partial charge >= 0.3 is 6.03 Å². The Labute approximate surface area is 509 Å². The average molecular weight is 1220 g/mol. The van der Waals surface area contributed by atoms with Crippen molar-refractivity contribution >= 4 is 81.6 Å². The number of benzene rings is 3. The Morgan fingerprint density at radius 2 is 1.33 bits per heavy atom. The molecule has 1 aliphatic heterocycles. The largest absolute Gasteiger partial charge is 0.508 e. The van der Waals surface area contributed by atoms with Crippen LogP contribution >= 0.6 is 0 Å². The number of urea groups is 1. The van der Waals surface area contributed by atoms with E-state index in [0.29, 0.717) is 17.5 Å². The summed E-state index contributed by atoms with van der Waals surface area (Å²) in [5, 5.41) is 50.6. The number of nitrogens with zero attached hydrogens (tertiary/aromatic N) is 2. The Morgan fingerprint density at radius 3 is 1.97 bits per heavy atom. The van der Waals surface area contributed by atoms with Crippen molar-refractivity contribution < 1.29 is 68.1 Å². The van der Waals surface area contributed by atoms with Gasteiger partial charge in [-0.25, -0.2) is 4.79 Å². The van der Waals surface area contributed by atoms with Gasteiger partial charge in [-0.1, -0.05) is 74.5 Å². The maximum absolute atomic E-state index is 14.3. The normalized spacial score (nSPS) is 16.8. The van der Waals surface area contributed by atoms with Crippen LogP contribution in [-0.4, -0.2) is 171 Å². The number of carbonyl (C=O) groups is 11. The van der Waals surface area contributed by atoms with E-state index in [9.17, 15) is 68.1 Å². The van der Waals surface area contributed by atoms with Gasteiger partial charge in [-0.3, -0.25) is 52.9 Å². The Hall–Kier alpha value is -9.24. The van der Waals surface area contributed by atoms with Gasteiger partial charge in [0.05, 0.1) is 49.2 Å². The molecule has 476 valence electrons. The summed E-state index contributed by atoms with van der Waals surface area (Å²) in [6, 6.07) is 12.7. The molecular formula is C61H83N13O14. The number of nitrogens with two attached hydrogens (primary N) is 3. The second-order valence-corrected chi connectivity index (χ2v) is 22.6. The summed E-state index contributed by atoms with van der Waals surface area (Å²) in [6.07, 6.45) is -2.90. The van der Waals surface area contributed by atoms with Crippen molar-refractivity contribution in [3.05, 3.63) is 102 Å². The third kappa shape index (κ3) is 21.6. The van der Waals surface area contributed by atoms with Crippen LogP contribution in [0.1, 0.15) is 89.3 Å². The summed E-state index contributed by atoms with van der Waals surface area (Å²) >= 11 is 0. The number of hydrogen-bond donors (Lipinski definition) is 14. The number of phenols is 1. The van der Waals surface area contributed by atoms with E-state index in [1.54, 1.807) is 36.5 Å². The highest BCUT2D eigenvalue weighted by Gasteiger charge is 2.43. The lowest BCUT2D eigenvalue weighted by atomic mass is 9.90. The Balaban J connectivity index is 1.28. The first-order chi connectivity index (χ1) is 41.7. The molecule has 0 unspecified atom stereocenters. The van der Waals surface area contributed by atoms with Crippen LogP contribution < -0.4 is 54.4 Å². The van der Waals surface area contributed by atoms with Gasteiger partial charge in [-0.2, -0.15) is 0 Å². The number of guanidine groups is 1. The number of aromatic nitrogens is 1. The number of phenolic OH excluding ortho intramolecular Hbond substituents is 1. The number of aliphatic hydroxyl groups excluding tert-OH is 2. The number of H-pyrrole nitrogens is 1. The second kappa shape index (κ2) is 33.6. The van der Waals surface area contributed by atoms with E-state index in [4.69, 9.17) is 17.2 Å². The zero-order valence-corrected chi connectivity index (χ0v) is 50.1. The van der Waals surface area contributed by atoms with Crippen molar-refractivity contribution in [1.29, 1.82) is 0 Å². The maximum atomic E-state index is 14.3. The minimum absolute atomic E-state index is 0.0400. The lowest BCUT2D eigenvalue weighted by Gasteiger charge is -2.30. The summed E-state index contributed by atoms with van der Waals surface area (Å²) in [5.41, 5.74) is 19.8. The molecule has 3 aromatic carbocycles. The minimum atomic E-state index is -1.71. The molecule has 1 saturated heterocycles. The lowest BCUT2D eigenvalue weighted by molar-refractivity contribution is -0.142. The number of amides is 9. The number of ketones is 3. The Morgan fingerprint density at radius 1 is 0.693 bits per heavy atom. The van der Waals surface area contributed by atoms with Crippen molar-refractivity contribution in [1.82, 2.24) is 47.1 Å². The van der Waals surface area contributed by atoms with Crippen molar-refractivity contribution in [2.45, 2.75) is 140 Å². The van der Waals surface area contributed by atoms with Crippen LogP contribution in [0, 0.1) is 17.8 Å². The number of fused-ring (bicyclic) bond motifs is 1. The topological polar surface area (TPSA) is 442 Å². The zero-order valence-electron chi connectivity index (χ0n) is 50.1. The SMILES string of the molecule is CN=C(N)NCCC[C@H](CC(=O)[C@H](CC(C)C)NC(=O)NCC(=O)[C@H](Cc1ccccc1)NC(=O)[C@@H](CC(=O)[C@H](CC(N)=O)NC(=O)[C@@H]1C[C@@H](O)CN1C(=O)[C@H](Cc1ccc(O)cc1)NC(C)=O)[C@@H](C)O)C(=O)N[C@@H](Cc1c[nH]c2ccccc12)C(N)=O. The molecule has 2 heterocycles. The molecule has 5 rings (SSSR count). The van der Waals surface area contributed by atoms with Crippen molar-refractivity contribution in [3.63, 3.8) is 0 Å². The van der Waals surface area contributed by atoms with Gasteiger partial charge in [0.25, 0.3) is 0 Å². The molecule has 27 heteroatoms. The van der Waals surface area contributed by atoms with Crippen LogP contribution in [0.5, 0.6) is 5.75 Å². The number of hydrogen-bond acceptors (Lipinski definition) is 15. The number of aromatic amines is 1. The van der Waals surface area contributed by atoms with E-state index in [2.05, 4.69) is 47.2 Å². The number of β-amino-alcohol motifs (C(OH)–C–C–N with tert-alkyl or cyclic N) is 1. The highest BCUT2D eigenvalue weighted by molar-refractivity contribution is 6.00. The summed E-state index contributed by atoms with van der Waals surface area (Å²) in [6.45, 7) is 5.26. The number of para-hydroxylation sites is 1. The van der Waals surface area contributed by atoms with Gasteiger partial charge in [0.1, 0.15) is 23.9 Å². The molecule has 17 N–H and O–H groups in total. The first kappa shape index (κ1) is 69.5. The molecular weight excluding hydrogens is 1140 g/mol. The highest BCUT2D eigenvalue weighted by Crippen LogP contribution is 2.24. The molecule has 1 fully saturated rings. The van der Waals surface area contributed by atoms with Gasteiger partial charge < -0.3 is 79.6 Å². The van der Waals surface area contributed by atoms with Crippen molar-refractivity contribution in [3.8, 4) is 5.75 Å². The molecule has 0 bridgehead atoms. The van der Waals surface area contributed by atoms with E-state index >= 15 is 0 Å². The summed E-state index contributed by atoms with van der Waals surface area (Å²) < 4.78 is 0. The highest BCUT2D eigenvalue weighted by atomic mass is 16.3. The third-order valence-corrected chi connectivity index (χ3v) is 15.0. The number of aliphatic imine (C=N–C) groups is 1. The number of nitrogens with one attached hydrogen (secondary N) is 8. The first-order valence-electron chi connectivity index (χ1n) is 29.1. The van der Waals surface area contributed by atoms with Gasteiger partial charge in [-0.15, -0.1) is 0 Å². The minimum Gasteiger partial charge on any atom is -0.508 e. The van der Waals surface area contributed by atoms with E-state index in [1.165, 1.54) is 45.2 Å². The predicted molar refractivity (Wildman–Crippen MR) is 324 cm³/mol. The van der Waals surface area contributed by atoms with Crippen LogP contribution in [0.15, 0.2) is 90.1 Å². The van der Waals surface area contributed by atoms with Crippen LogP contribution in [0.4, 0.5) is 4.79 Å². The van der Waals surface area contributed by atoms with Crippen LogP contribution in [0.2, 0.25) is 0 Å². The molecule has 0 aliphatic carbocycles. The van der Waals surface area contributed by atoms with Gasteiger partial charge in [0, 0.05) is 82.2 Å². The number of primary amides is 2. The van der Waals surface area contributed by atoms with Crippen LogP contribution in [0.25, 0.3) is 10.9 Å². The molecule has 4 aromatic rings. The fourth-order valence-electron chi connectivity index (χ4n) is 10.4. The average Bonchev–Trinajstić information content (AvgIpc) is 2.76. The molecule has 0 saturated carbocycles. The molecule has 1 aromatic heterocycles. The lowest BCUT2D eigenvalue weighted by Crippen LogP contribution is -2.56. The quantitative estimate of drug-likeness (QED) is 0.0156. The molecule has 0 radical (unpaired) electrons. The first-order valence-corrected chi connectivity index (χ1v) is 29.1. The standard InChI is InChI=1S/C61H83N13O14/c1-33(2)22-45(51(79)26-38(14-11-21-66-60(64)65-5)56(84)72-48(55(63)83)25-39-30-67-44-16-10-9-15-42(39)44)73-61(88)68-31-53(81)46(23-36-12-7-6-8-13-36)70-57(85)43(34(3)75)28-52(80)47(29-54(62)82)71-58(86)50-27-41(78)32-74(50)59(87)49(69-35(4)76)24-37-17-19-40(77)20-18-37/h6-10,12-13,15-20,30,33-34,38,41,43,45-50,67,75,77-78H,11,14,21-29,31-32H2,1-5H3,(H2,62,82)(H2,63,83)(H,69,76)(H,70,85)(H,71,86)(H,72,84)(H3,64,65,66)(H2,68,73,88)/t34-,38-,41-,43+,45+,46+,47+,48+,49+,50+/m1/s1. The van der Waals surface area contributed by atoms with E-state index < -0.39 is 144 Å². The second-order valence-electron chi connectivity index (χ2n) is 22.6. The molecule has 0 spiro atoms. The maximum Gasteiger partial charge on any atom is 0.315 e. The summed E-state index contributed by atoms with van der Waals surface area (Å²) in [7, 11) is 1.50. The van der Waals surface area contributed by atoms with Gasteiger partial charge in [-0.05, 0) is 73.4 Å². The molecule has 10 atom stereocenters. The number of rotatable bonds is 34. The summed E-state index contributed by atoms with van der Waals surface area (Å²) in [4.78, 5) is 158. The molecule has 27 nitrogen and oxygen atoms in total. The number of Topliss-reactive ketones (excluding diaryl/α,β-unsaturated/α-hetero) is 3. The zero-order chi connectivity index (χ0) is 64.8. The monoisotopic (exact) mass is 1220 g/mol. The fraction of sp³-hybridized carbons (Fsp3) is 0.475. The summed E-state index contributed by atoms with van der Waals surface area (Å²) in [5.74, 6) is -10.7. The molecule has 1 aliphatic rings. The molecule has 88 heavy (non-hydrogen) atoms. The van der Waals surface area contributed by atoms with E-state index in [1.807, 2.05) is 38.1 Å². The van der Waals surface area contributed by atoms with Crippen LogP contribution in [-0.2, 0) is 67.2 Å². The Kier molecular flexibility index (Phi) is 26.6. The number of aliphatic hydroxyl groups is 2. The van der Waals surface area contributed by atoms with E-state index in [0.717, 1.165) is 21.4 Å². The van der Waals surface area contributed by atoms with E-state index in [-0.39, 0.29) is 75.7 Å². The van der Waals surface area contributed by atoms with Crippen molar-refractivity contribution in [2.75, 3.05) is 26.7 Å². The Bertz CT molecular complexity index is 3130. The number of carbonyl (C=O) groups excluding carboxylic acids is 11. The number of aromatic hydroxyl groups is 1. The fourth-order valence-corrected chi connectivity index (χ4v) is 10.4.